The number of nitrogens with one attached hydrogen (secondary N) is 2. The molecule has 5 rings (SSSR count). The van der Waals surface area contributed by atoms with Gasteiger partial charge in [-0.25, -0.2) is 18.2 Å². The number of hydrogen-bond donors (Lipinski definition) is 2. The highest BCUT2D eigenvalue weighted by atomic mass is 32.2. The lowest BCUT2D eigenvalue weighted by Gasteiger charge is -2.35. The summed E-state index contributed by atoms with van der Waals surface area (Å²) < 4.78 is 50.3. The monoisotopic (exact) mass is 670 g/mol. The molecule has 3 aromatic rings. The van der Waals surface area contributed by atoms with Crippen molar-refractivity contribution < 1.29 is 27.1 Å². The third kappa shape index (κ3) is 8.32. The van der Waals surface area contributed by atoms with Crippen molar-refractivity contribution in [3.8, 4) is 0 Å². The van der Waals surface area contributed by atoms with Gasteiger partial charge < -0.3 is 15.0 Å². The topological polar surface area (TPSA) is 118 Å². The van der Waals surface area contributed by atoms with Crippen molar-refractivity contribution in [1.29, 1.82) is 0 Å². The largest absolute Gasteiger partial charge is 0.463 e. The van der Waals surface area contributed by atoms with Gasteiger partial charge in [0.05, 0.1) is 34.2 Å². The van der Waals surface area contributed by atoms with Crippen molar-refractivity contribution in [1.82, 2.24) is 14.6 Å². The summed E-state index contributed by atoms with van der Waals surface area (Å²) in [4.78, 5) is 32.4. The molecule has 1 aromatic heterocycles. The number of allylic oxidation sites excluding steroid dienone is 1. The molecule has 1 amide bonds. The predicted octanol–water partition coefficient (Wildman–Crippen LogP) is 5.44. The van der Waals surface area contributed by atoms with E-state index in [1.54, 1.807) is 24.0 Å². The summed E-state index contributed by atoms with van der Waals surface area (Å²) in [6.45, 7) is 7.35. The Hall–Kier alpha value is -3.35. The molecule has 3 heterocycles. The van der Waals surface area contributed by atoms with Crippen molar-refractivity contribution in [2.45, 2.75) is 70.2 Å². The summed E-state index contributed by atoms with van der Waals surface area (Å²) in [6, 6.07) is 10.2. The van der Waals surface area contributed by atoms with Crippen LogP contribution in [-0.4, -0.2) is 69.1 Å². The van der Waals surface area contributed by atoms with Gasteiger partial charge in [0, 0.05) is 32.1 Å². The number of benzene rings is 2. The van der Waals surface area contributed by atoms with E-state index in [4.69, 9.17) is 9.72 Å². The molecular weight excluding hydrogens is 628 g/mol. The molecule has 0 bridgehead atoms. The smallest absolute Gasteiger partial charge is 0.330 e. The first-order valence-electron chi connectivity index (χ1n) is 15.9. The Balaban J connectivity index is 1.47. The van der Waals surface area contributed by atoms with Crippen molar-refractivity contribution >= 4 is 49.1 Å². The molecule has 12 heteroatoms. The normalized spacial score (nSPS) is 17.5. The molecule has 1 fully saturated rings. The van der Waals surface area contributed by atoms with E-state index in [1.807, 2.05) is 30.3 Å². The molecule has 2 aromatic carbocycles. The summed E-state index contributed by atoms with van der Waals surface area (Å²) in [5, 5.41) is 4.01. The highest BCUT2D eigenvalue weighted by Gasteiger charge is 2.35. The van der Waals surface area contributed by atoms with Crippen molar-refractivity contribution in [3.63, 3.8) is 0 Å². The van der Waals surface area contributed by atoms with Gasteiger partial charge in [0.15, 0.2) is 0 Å². The quantitative estimate of drug-likeness (QED) is 0.195. The molecule has 0 aliphatic carbocycles. The SMILES string of the molecule is CCOC(=O)/C=C/Cc1cc2c(c(S(=O)(=O)N[C@@H](Cc3nc4ccccc4s3)C(=O)N3CCC(CCF)CC3)c1)NCC(C)(C)C2. The third-order valence-corrected chi connectivity index (χ3v) is 11.2. The Morgan fingerprint density at radius 3 is 2.72 bits per heavy atom. The number of aromatic nitrogens is 1. The molecule has 0 unspecified atom stereocenters. The molecule has 0 saturated carbocycles. The molecule has 1 saturated heterocycles. The molecule has 1 atom stereocenters. The molecular formula is C34H43FN4O5S2. The van der Waals surface area contributed by atoms with Gasteiger partial charge in [-0.1, -0.05) is 38.1 Å². The number of fused-ring (bicyclic) bond motifs is 2. The zero-order valence-electron chi connectivity index (χ0n) is 26.7. The van der Waals surface area contributed by atoms with Crippen LogP contribution in [0.25, 0.3) is 10.2 Å². The standard InChI is InChI=1S/C34H43FN4O5S2/c1-4-44-31(40)11-7-8-24-18-25-21-34(2,3)22-36-32(25)29(19-24)46(42,43)38-27(20-30-37-26-9-5-6-10-28(26)45-30)33(41)39-16-13-23(12-15-35)14-17-39/h5-7,9-11,18-19,23,27,36,38H,4,8,12-17,20-22H2,1-3H3/b11-7+/t27-/m0/s1. The number of hydrogen-bond acceptors (Lipinski definition) is 8. The second kappa shape index (κ2) is 14.6. The lowest BCUT2D eigenvalue weighted by molar-refractivity contribution is -0.137. The van der Waals surface area contributed by atoms with E-state index in [2.05, 4.69) is 23.9 Å². The fourth-order valence-electron chi connectivity index (χ4n) is 6.22. The number of amides is 1. The molecule has 9 nitrogen and oxygen atoms in total. The van der Waals surface area contributed by atoms with Gasteiger partial charge in [0.25, 0.3) is 0 Å². The van der Waals surface area contributed by atoms with Gasteiger partial charge >= 0.3 is 5.97 Å². The maximum Gasteiger partial charge on any atom is 0.330 e. The first-order chi connectivity index (χ1) is 22.0. The number of ether oxygens (including phenoxy) is 1. The molecule has 0 radical (unpaired) electrons. The van der Waals surface area contributed by atoms with Crippen molar-refractivity contribution in [3.05, 3.63) is 64.7 Å². The molecule has 2 aliphatic rings. The number of piperidine rings is 1. The number of anilines is 1. The van der Waals surface area contributed by atoms with E-state index in [0.717, 1.165) is 21.3 Å². The van der Waals surface area contributed by atoms with Crippen LogP contribution in [0.2, 0.25) is 0 Å². The van der Waals surface area contributed by atoms with Gasteiger partial charge in [0.2, 0.25) is 15.9 Å². The van der Waals surface area contributed by atoms with Crippen LogP contribution in [0.3, 0.4) is 0 Å². The van der Waals surface area contributed by atoms with Crippen LogP contribution >= 0.6 is 11.3 Å². The van der Waals surface area contributed by atoms with E-state index in [-0.39, 0.29) is 41.8 Å². The maximum atomic E-state index is 14.3. The van der Waals surface area contributed by atoms with Crippen molar-refractivity contribution in [2.24, 2.45) is 11.3 Å². The van der Waals surface area contributed by atoms with Gasteiger partial charge in [-0.3, -0.25) is 9.18 Å². The number of para-hydroxylation sites is 1. The number of thiazole rings is 1. The number of sulfonamides is 1. The Bertz CT molecular complexity index is 1660. The summed E-state index contributed by atoms with van der Waals surface area (Å²) in [5.41, 5.74) is 2.82. The van der Waals surface area contributed by atoms with Crippen LogP contribution in [0.15, 0.2) is 53.4 Å². The van der Waals surface area contributed by atoms with Crippen LogP contribution in [-0.2, 0) is 43.6 Å². The number of nitrogens with zero attached hydrogens (tertiary/aromatic N) is 2. The average Bonchev–Trinajstić information content (AvgIpc) is 3.42. The second-order valence-electron chi connectivity index (χ2n) is 12.9. The van der Waals surface area contributed by atoms with Gasteiger partial charge in [-0.05, 0) is 79.7 Å². The minimum atomic E-state index is -4.21. The zero-order valence-corrected chi connectivity index (χ0v) is 28.3. The van der Waals surface area contributed by atoms with Crippen molar-refractivity contribution in [2.75, 3.05) is 38.2 Å². The van der Waals surface area contributed by atoms with Gasteiger partial charge in [-0.2, -0.15) is 4.72 Å². The van der Waals surface area contributed by atoms with E-state index < -0.39 is 22.0 Å². The summed E-state index contributed by atoms with van der Waals surface area (Å²) in [7, 11) is -4.21. The minimum absolute atomic E-state index is 0.0730. The number of rotatable bonds is 12. The van der Waals surface area contributed by atoms with E-state index in [1.165, 1.54) is 17.4 Å². The minimum Gasteiger partial charge on any atom is -0.463 e. The second-order valence-corrected chi connectivity index (χ2v) is 15.7. The summed E-state index contributed by atoms with van der Waals surface area (Å²) in [5.74, 6) is -0.545. The van der Waals surface area contributed by atoms with E-state index >= 15 is 0 Å². The Morgan fingerprint density at radius 2 is 2.00 bits per heavy atom. The first kappa shape index (κ1) is 34.0. The molecule has 46 heavy (non-hydrogen) atoms. The highest BCUT2D eigenvalue weighted by Crippen LogP contribution is 2.38. The zero-order chi connectivity index (χ0) is 32.9. The summed E-state index contributed by atoms with van der Waals surface area (Å²) >= 11 is 1.44. The number of likely N-dealkylation sites (tertiary alicyclic amines) is 1. The maximum absolute atomic E-state index is 14.3. The number of carbonyl (C=O) groups excluding carboxylic acids is 2. The predicted molar refractivity (Wildman–Crippen MR) is 179 cm³/mol. The lowest BCUT2D eigenvalue weighted by atomic mass is 9.81. The lowest BCUT2D eigenvalue weighted by Crippen LogP contribution is -2.51. The number of esters is 1. The molecule has 2 N–H and O–H groups in total. The molecule has 0 spiro atoms. The van der Waals surface area contributed by atoms with Gasteiger partial charge in [0.1, 0.15) is 10.9 Å². The van der Waals surface area contributed by atoms with Crippen LogP contribution in [0, 0.1) is 11.3 Å². The van der Waals surface area contributed by atoms with Crippen LogP contribution in [0.5, 0.6) is 0 Å². The van der Waals surface area contributed by atoms with Crippen LogP contribution < -0.4 is 10.0 Å². The summed E-state index contributed by atoms with van der Waals surface area (Å²) in [6.07, 6.45) is 5.95. The highest BCUT2D eigenvalue weighted by molar-refractivity contribution is 7.89. The van der Waals surface area contributed by atoms with E-state index in [9.17, 15) is 22.4 Å². The third-order valence-electron chi connectivity index (χ3n) is 8.60. The number of alkyl halides is 1. The first-order valence-corrected chi connectivity index (χ1v) is 18.2. The van der Waals surface area contributed by atoms with Gasteiger partial charge in [-0.15, -0.1) is 11.3 Å². The molecule has 248 valence electrons. The number of carbonyl (C=O) groups is 2. The Morgan fingerprint density at radius 1 is 1.24 bits per heavy atom. The van der Waals surface area contributed by atoms with Crippen LogP contribution in [0.1, 0.15) is 56.2 Å². The van der Waals surface area contributed by atoms with Crippen LogP contribution in [0.4, 0.5) is 10.1 Å². The Labute approximate surface area is 274 Å². The fraction of sp³-hybridized carbons (Fsp3) is 0.500. The van der Waals surface area contributed by atoms with E-state index in [0.29, 0.717) is 62.4 Å². The Kier molecular flexibility index (Phi) is 10.8. The molecule has 2 aliphatic heterocycles. The average molecular weight is 671 g/mol. The number of halogens is 1. The fourth-order valence-corrected chi connectivity index (χ4v) is 8.70.